The zero-order valence-electron chi connectivity index (χ0n) is 11.4. The highest BCUT2D eigenvalue weighted by Crippen LogP contribution is 2.16. The molecular weight excluding hydrogens is 276 g/mol. The van der Waals surface area contributed by atoms with Crippen LogP contribution < -0.4 is 10.5 Å². The monoisotopic (exact) mass is 294 g/mol. The molecule has 20 heavy (non-hydrogen) atoms. The van der Waals surface area contributed by atoms with Gasteiger partial charge in [-0.25, -0.2) is 13.6 Å². The summed E-state index contributed by atoms with van der Waals surface area (Å²) < 4.78 is 24.1. The van der Waals surface area contributed by atoms with Gasteiger partial charge in [-0.1, -0.05) is 12.1 Å². The summed E-state index contributed by atoms with van der Waals surface area (Å²) >= 11 is 0. The molecule has 6 nitrogen and oxygen atoms in total. The molecule has 2 rings (SSSR count). The van der Waals surface area contributed by atoms with Crippen LogP contribution in [0.4, 0.5) is 0 Å². The first-order chi connectivity index (χ1) is 9.36. The second-order valence-corrected chi connectivity index (χ2v) is 6.30. The highest BCUT2D eigenvalue weighted by Gasteiger charge is 2.10. The van der Waals surface area contributed by atoms with Crippen molar-refractivity contribution in [3.8, 4) is 0 Å². The maximum Gasteiger partial charge on any atom is 0.238 e. The number of aryl methyl sites for hydroxylation is 1. The van der Waals surface area contributed by atoms with E-state index in [9.17, 15) is 8.42 Å². The number of nitrogens with two attached hydrogens (primary N) is 1. The van der Waals surface area contributed by atoms with Crippen molar-refractivity contribution in [3.63, 3.8) is 0 Å². The smallest absolute Gasteiger partial charge is 0.238 e. The maximum absolute atomic E-state index is 11.2. The molecule has 1 unspecified atom stereocenters. The Balaban J connectivity index is 2.00. The number of sulfonamides is 1. The van der Waals surface area contributed by atoms with E-state index in [1.54, 1.807) is 16.8 Å². The molecule has 0 spiro atoms. The first kappa shape index (κ1) is 14.7. The van der Waals surface area contributed by atoms with E-state index >= 15 is 0 Å². The van der Waals surface area contributed by atoms with E-state index in [-0.39, 0.29) is 10.9 Å². The van der Waals surface area contributed by atoms with E-state index < -0.39 is 10.0 Å². The number of primary sulfonamides is 1. The zero-order valence-corrected chi connectivity index (χ0v) is 12.3. The van der Waals surface area contributed by atoms with E-state index in [0.29, 0.717) is 6.54 Å². The van der Waals surface area contributed by atoms with Crippen LogP contribution in [0.3, 0.4) is 0 Å². The maximum atomic E-state index is 11.2. The van der Waals surface area contributed by atoms with Gasteiger partial charge in [-0.2, -0.15) is 5.10 Å². The third-order valence-corrected chi connectivity index (χ3v) is 4.01. The first-order valence-corrected chi connectivity index (χ1v) is 7.74. The lowest BCUT2D eigenvalue weighted by Crippen LogP contribution is -2.18. The van der Waals surface area contributed by atoms with Gasteiger partial charge in [0.15, 0.2) is 0 Å². The minimum atomic E-state index is -3.63. The van der Waals surface area contributed by atoms with Crippen molar-refractivity contribution in [2.24, 2.45) is 12.2 Å². The first-order valence-electron chi connectivity index (χ1n) is 6.20. The third kappa shape index (κ3) is 3.66. The van der Waals surface area contributed by atoms with Crippen molar-refractivity contribution >= 4 is 10.0 Å². The second-order valence-electron chi connectivity index (χ2n) is 4.74. The van der Waals surface area contributed by atoms with Gasteiger partial charge in [0.25, 0.3) is 0 Å². The number of aromatic nitrogens is 2. The van der Waals surface area contributed by atoms with Gasteiger partial charge in [0, 0.05) is 31.4 Å². The summed E-state index contributed by atoms with van der Waals surface area (Å²) in [7, 11) is -1.76. The molecule has 0 fully saturated rings. The third-order valence-electron chi connectivity index (χ3n) is 3.08. The molecule has 3 N–H and O–H groups in total. The molecule has 1 aromatic carbocycles. The molecule has 2 aromatic rings. The van der Waals surface area contributed by atoms with Crippen molar-refractivity contribution < 1.29 is 8.42 Å². The van der Waals surface area contributed by atoms with Gasteiger partial charge in [-0.05, 0) is 24.6 Å². The average molecular weight is 294 g/mol. The molecule has 0 aliphatic heterocycles. The number of hydrogen-bond acceptors (Lipinski definition) is 4. The molecule has 0 bridgehead atoms. The molecule has 0 radical (unpaired) electrons. The number of rotatable bonds is 5. The van der Waals surface area contributed by atoms with Gasteiger partial charge in [0.05, 0.1) is 11.1 Å². The summed E-state index contributed by atoms with van der Waals surface area (Å²) in [6.45, 7) is 2.72. The molecule has 0 amide bonds. The van der Waals surface area contributed by atoms with Gasteiger partial charge in [0.1, 0.15) is 0 Å². The topological polar surface area (TPSA) is 90.0 Å². The lowest BCUT2D eigenvalue weighted by Gasteiger charge is -2.13. The average Bonchev–Trinajstić information content (AvgIpc) is 2.81. The normalized spacial score (nSPS) is 13.3. The van der Waals surface area contributed by atoms with Crippen LogP contribution in [0.2, 0.25) is 0 Å². The Morgan fingerprint density at radius 3 is 2.50 bits per heavy atom. The SMILES string of the molecule is CC(NCc1cnn(C)c1)c1ccc(S(N)(=O)=O)cc1. The predicted octanol–water partition coefficient (Wildman–Crippen LogP) is 0.918. The van der Waals surface area contributed by atoms with Gasteiger partial charge >= 0.3 is 0 Å². The van der Waals surface area contributed by atoms with Gasteiger partial charge in [-0.3, -0.25) is 4.68 Å². The lowest BCUT2D eigenvalue weighted by molar-refractivity contribution is 0.573. The number of nitrogens with one attached hydrogen (secondary N) is 1. The fourth-order valence-electron chi connectivity index (χ4n) is 1.90. The second kappa shape index (κ2) is 5.74. The van der Waals surface area contributed by atoms with E-state index in [4.69, 9.17) is 5.14 Å². The van der Waals surface area contributed by atoms with Crippen LogP contribution in [0.25, 0.3) is 0 Å². The molecule has 1 heterocycles. The lowest BCUT2D eigenvalue weighted by atomic mass is 10.1. The van der Waals surface area contributed by atoms with Crippen LogP contribution in [-0.4, -0.2) is 18.2 Å². The Morgan fingerprint density at radius 1 is 1.35 bits per heavy atom. The van der Waals surface area contributed by atoms with Gasteiger partial charge in [0.2, 0.25) is 10.0 Å². The zero-order chi connectivity index (χ0) is 14.8. The molecule has 0 aliphatic rings. The van der Waals surface area contributed by atoms with Gasteiger partial charge < -0.3 is 5.32 Å². The molecule has 0 saturated carbocycles. The number of hydrogen-bond donors (Lipinski definition) is 2. The minimum Gasteiger partial charge on any atom is -0.306 e. The molecule has 7 heteroatoms. The molecule has 0 saturated heterocycles. The van der Waals surface area contributed by atoms with Crippen LogP contribution in [0.15, 0.2) is 41.6 Å². The summed E-state index contributed by atoms with van der Waals surface area (Å²) in [4.78, 5) is 0.126. The van der Waals surface area contributed by atoms with E-state index in [2.05, 4.69) is 10.4 Å². The van der Waals surface area contributed by atoms with Crippen LogP contribution in [0, 0.1) is 0 Å². The predicted molar refractivity (Wildman–Crippen MR) is 76.3 cm³/mol. The van der Waals surface area contributed by atoms with Crippen LogP contribution in [0.5, 0.6) is 0 Å². The van der Waals surface area contributed by atoms with Crippen molar-refractivity contribution in [2.75, 3.05) is 0 Å². The number of nitrogens with zero attached hydrogens (tertiary/aromatic N) is 2. The quantitative estimate of drug-likeness (QED) is 0.858. The van der Waals surface area contributed by atoms with Crippen LogP contribution in [0.1, 0.15) is 24.1 Å². The van der Waals surface area contributed by atoms with E-state index in [1.165, 1.54) is 12.1 Å². The standard InChI is InChI=1S/C13H18N4O2S/c1-10(15-7-11-8-16-17(2)9-11)12-3-5-13(6-4-12)20(14,18)19/h3-6,8-10,15H,7H2,1-2H3,(H2,14,18,19). The Morgan fingerprint density at radius 2 is 2.00 bits per heavy atom. The summed E-state index contributed by atoms with van der Waals surface area (Å²) in [5.74, 6) is 0. The Labute approximate surface area is 118 Å². The highest BCUT2D eigenvalue weighted by atomic mass is 32.2. The Bertz CT molecular complexity index is 677. The molecule has 1 aromatic heterocycles. The molecule has 1 atom stereocenters. The summed E-state index contributed by atoms with van der Waals surface area (Å²) in [5, 5.41) is 12.5. The highest BCUT2D eigenvalue weighted by molar-refractivity contribution is 7.89. The van der Waals surface area contributed by atoms with Crippen molar-refractivity contribution in [1.29, 1.82) is 0 Å². The van der Waals surface area contributed by atoms with Crippen molar-refractivity contribution in [3.05, 3.63) is 47.8 Å². The summed E-state index contributed by atoms with van der Waals surface area (Å²) in [5.41, 5.74) is 2.10. The fraction of sp³-hybridized carbons (Fsp3) is 0.308. The van der Waals surface area contributed by atoms with E-state index in [1.807, 2.05) is 26.4 Å². The largest absolute Gasteiger partial charge is 0.306 e. The summed E-state index contributed by atoms with van der Waals surface area (Å²) in [6.07, 6.45) is 3.76. The van der Waals surface area contributed by atoms with Crippen LogP contribution in [-0.2, 0) is 23.6 Å². The van der Waals surface area contributed by atoms with Crippen molar-refractivity contribution in [1.82, 2.24) is 15.1 Å². The molecule has 0 aliphatic carbocycles. The fourth-order valence-corrected chi connectivity index (χ4v) is 2.41. The Kier molecular flexibility index (Phi) is 4.22. The number of benzene rings is 1. The van der Waals surface area contributed by atoms with Crippen molar-refractivity contribution in [2.45, 2.75) is 24.4 Å². The Hall–Kier alpha value is -1.70. The van der Waals surface area contributed by atoms with Crippen LogP contribution >= 0.6 is 0 Å². The molecule has 108 valence electrons. The van der Waals surface area contributed by atoms with Gasteiger partial charge in [-0.15, -0.1) is 0 Å². The minimum absolute atomic E-state index is 0.102. The molecular formula is C13H18N4O2S. The summed E-state index contributed by atoms with van der Waals surface area (Å²) in [6, 6.07) is 6.67. The van der Waals surface area contributed by atoms with E-state index in [0.717, 1.165) is 11.1 Å².